The number of alkyl halides is 2. The summed E-state index contributed by atoms with van der Waals surface area (Å²) in [5, 5.41) is 5.27. The highest BCUT2D eigenvalue weighted by Crippen LogP contribution is 2.50. The van der Waals surface area contributed by atoms with Crippen LogP contribution in [0.3, 0.4) is 0 Å². The summed E-state index contributed by atoms with van der Waals surface area (Å²) in [4.78, 5) is 46.2. The zero-order chi connectivity index (χ0) is 39.6. The molecule has 9 rings (SSSR count). The number of anilines is 3. The van der Waals surface area contributed by atoms with Crippen molar-refractivity contribution >= 4 is 40.0 Å². The van der Waals surface area contributed by atoms with Crippen LogP contribution >= 0.6 is 0 Å². The van der Waals surface area contributed by atoms with E-state index < -0.39 is 40.6 Å². The van der Waals surface area contributed by atoms with E-state index in [0.29, 0.717) is 28.0 Å². The Balaban J connectivity index is 1.07. The molecule has 11 nitrogen and oxygen atoms in total. The maximum atomic E-state index is 15.7. The summed E-state index contributed by atoms with van der Waals surface area (Å²) in [6.45, 7) is 13.0. The predicted octanol–water partition coefficient (Wildman–Crippen LogP) is 7.34. The molecule has 2 atom stereocenters. The third kappa shape index (κ3) is 5.70. The number of aromatic nitrogens is 4. The van der Waals surface area contributed by atoms with E-state index in [1.54, 1.807) is 18.6 Å². The average molecular weight is 775 g/mol. The lowest BCUT2D eigenvalue weighted by atomic mass is 9.71. The number of carbonyl (C=O) groups excluding carboxylic acids is 2. The number of halogens is 4. The number of carbonyl (C=O) groups is 2. The third-order valence-corrected chi connectivity index (χ3v) is 12.9. The minimum absolute atomic E-state index is 0.00874. The van der Waals surface area contributed by atoms with Crippen molar-refractivity contribution in [3.8, 4) is 11.3 Å². The molecule has 2 unspecified atom stereocenters. The van der Waals surface area contributed by atoms with Gasteiger partial charge >= 0.3 is 0 Å². The Hall–Kier alpha value is -4.63. The molecular weight excluding hydrogens is 728 g/mol. The average Bonchev–Trinajstić information content (AvgIpc) is 3.60. The molecule has 296 valence electrons. The first-order chi connectivity index (χ1) is 26.5. The minimum Gasteiger partial charge on any atom is -0.372 e. The van der Waals surface area contributed by atoms with Gasteiger partial charge in [0.2, 0.25) is 5.91 Å². The summed E-state index contributed by atoms with van der Waals surface area (Å²) in [7, 11) is 0. The number of hydrogen-bond donors (Lipinski definition) is 2. The molecule has 2 bridgehead atoms. The van der Waals surface area contributed by atoms with Gasteiger partial charge in [-0.1, -0.05) is 0 Å². The molecule has 0 spiro atoms. The van der Waals surface area contributed by atoms with E-state index in [0.717, 1.165) is 50.5 Å². The Morgan fingerprint density at radius 2 is 1.70 bits per heavy atom. The van der Waals surface area contributed by atoms with Crippen LogP contribution in [0.15, 0.2) is 30.7 Å². The summed E-state index contributed by atoms with van der Waals surface area (Å²) in [6.07, 6.45) is 5.06. The van der Waals surface area contributed by atoms with Gasteiger partial charge in [-0.15, -0.1) is 0 Å². The topological polar surface area (TPSA) is 118 Å². The van der Waals surface area contributed by atoms with Crippen LogP contribution in [0.1, 0.15) is 101 Å². The van der Waals surface area contributed by atoms with Crippen LogP contribution in [-0.4, -0.2) is 85.1 Å². The number of benzene rings is 1. The van der Waals surface area contributed by atoms with Gasteiger partial charge in [0.1, 0.15) is 11.1 Å². The second kappa shape index (κ2) is 12.7. The Morgan fingerprint density at radius 1 is 1.00 bits per heavy atom. The number of imidazole rings is 1. The Kier molecular flexibility index (Phi) is 8.38. The molecule has 5 aliphatic rings. The fourth-order valence-corrected chi connectivity index (χ4v) is 9.27. The first kappa shape index (κ1) is 37.0. The normalized spacial score (nSPS) is 26.2. The summed E-state index contributed by atoms with van der Waals surface area (Å²) in [5.74, 6) is -3.33. The van der Waals surface area contributed by atoms with Crippen LogP contribution in [0.5, 0.6) is 0 Å². The number of fused-ring (bicyclic) bond motifs is 4. The van der Waals surface area contributed by atoms with E-state index >= 15 is 8.78 Å². The van der Waals surface area contributed by atoms with Crippen molar-refractivity contribution in [3.05, 3.63) is 59.2 Å². The number of ether oxygens (including phenoxy) is 1. The fourth-order valence-electron chi connectivity index (χ4n) is 9.27. The summed E-state index contributed by atoms with van der Waals surface area (Å²) in [5.41, 5.74) is -0.109. The quantitative estimate of drug-likeness (QED) is 0.170. The lowest BCUT2D eigenvalue weighted by Crippen LogP contribution is -2.66. The van der Waals surface area contributed by atoms with Crippen molar-refractivity contribution in [2.24, 2.45) is 0 Å². The lowest BCUT2D eigenvalue weighted by Gasteiger charge is -2.56. The standard InChI is InChI=1S/C41H46F4N8O3/c1-20(2)52-19-47-29-13-27(48-35(33(29)52)49-28-12-26(21(3)31(42)32(28)43)36(54)50-41(9-10-41)37(44)45)22-11-30-34(46-16-22)39(4,5)38(55)53(30)23-14-40(6,15-23)51-17-24-7-8-25(18-51)56-24/h11-13,16,19-20,23-25,37H,7-10,14-15,17-18H2,1-6H3,(H,48,49)(H,50,54). The Labute approximate surface area is 322 Å². The second-order valence-corrected chi connectivity index (χ2v) is 17.5. The van der Waals surface area contributed by atoms with E-state index in [2.05, 4.69) is 27.4 Å². The largest absolute Gasteiger partial charge is 0.372 e. The zero-order valence-corrected chi connectivity index (χ0v) is 32.4. The van der Waals surface area contributed by atoms with Crippen molar-refractivity contribution < 1.29 is 31.9 Å². The summed E-state index contributed by atoms with van der Waals surface area (Å²) in [6, 6.07) is 4.72. The van der Waals surface area contributed by atoms with Gasteiger partial charge in [0.15, 0.2) is 17.5 Å². The number of likely N-dealkylation sites (tertiary alicyclic amines) is 1. The second-order valence-electron chi connectivity index (χ2n) is 17.5. The van der Waals surface area contributed by atoms with Gasteiger partial charge in [0.05, 0.1) is 52.2 Å². The summed E-state index contributed by atoms with van der Waals surface area (Å²) < 4.78 is 66.5. The highest BCUT2D eigenvalue weighted by Gasteiger charge is 2.56. The Morgan fingerprint density at radius 3 is 2.34 bits per heavy atom. The van der Waals surface area contributed by atoms with Crippen molar-refractivity contribution in [1.82, 2.24) is 29.7 Å². The first-order valence-electron chi connectivity index (χ1n) is 19.5. The van der Waals surface area contributed by atoms with Crippen LogP contribution in [0.2, 0.25) is 0 Å². The number of rotatable bonds is 9. The molecule has 2 saturated heterocycles. The van der Waals surface area contributed by atoms with Gasteiger partial charge in [-0.05, 0) is 98.3 Å². The molecule has 56 heavy (non-hydrogen) atoms. The van der Waals surface area contributed by atoms with Gasteiger partial charge in [0, 0.05) is 53.6 Å². The minimum atomic E-state index is -2.80. The van der Waals surface area contributed by atoms with E-state index in [-0.39, 0.29) is 65.5 Å². The van der Waals surface area contributed by atoms with Crippen LogP contribution in [0.25, 0.3) is 22.3 Å². The van der Waals surface area contributed by atoms with E-state index in [1.807, 2.05) is 43.2 Å². The number of amides is 2. The molecule has 1 aromatic carbocycles. The zero-order valence-electron chi connectivity index (χ0n) is 32.4. The van der Waals surface area contributed by atoms with Gasteiger partial charge in [-0.2, -0.15) is 0 Å². The molecule has 15 heteroatoms. The Bertz CT molecular complexity index is 2290. The predicted molar refractivity (Wildman–Crippen MR) is 202 cm³/mol. The highest BCUT2D eigenvalue weighted by atomic mass is 19.3. The SMILES string of the molecule is Cc1c(C(=O)NC2(C(F)F)CC2)cc(Nc2nc(-c3cnc4c(c3)N(C3CC(C)(N5CC6CCC(C5)O6)C3)C(=O)C4(C)C)cc3ncn(C(C)C)c23)c(F)c1F. The van der Waals surface area contributed by atoms with Crippen LogP contribution in [0, 0.1) is 18.6 Å². The van der Waals surface area contributed by atoms with Crippen LogP contribution in [0.4, 0.5) is 34.8 Å². The third-order valence-electron chi connectivity index (χ3n) is 12.9. The molecule has 0 radical (unpaired) electrons. The molecule has 3 aliphatic heterocycles. The van der Waals surface area contributed by atoms with E-state index in [1.165, 1.54) is 6.92 Å². The number of nitrogens with one attached hydrogen (secondary N) is 2. The number of morpholine rings is 1. The molecule has 2 aliphatic carbocycles. The molecule has 2 N–H and O–H groups in total. The smallest absolute Gasteiger partial charge is 0.261 e. The van der Waals surface area contributed by atoms with Crippen molar-refractivity contribution in [3.63, 3.8) is 0 Å². The van der Waals surface area contributed by atoms with Crippen LogP contribution < -0.4 is 15.5 Å². The highest BCUT2D eigenvalue weighted by molar-refractivity contribution is 6.08. The number of pyridine rings is 2. The molecule has 2 amide bonds. The van der Waals surface area contributed by atoms with Gasteiger partial charge in [-0.3, -0.25) is 19.5 Å². The van der Waals surface area contributed by atoms with Gasteiger partial charge in [0.25, 0.3) is 12.3 Å². The van der Waals surface area contributed by atoms with Crippen molar-refractivity contribution in [2.45, 2.75) is 127 Å². The van der Waals surface area contributed by atoms with Crippen molar-refractivity contribution in [1.29, 1.82) is 0 Å². The fraction of sp³-hybridized carbons (Fsp3) is 0.537. The monoisotopic (exact) mass is 774 g/mol. The molecule has 3 aromatic heterocycles. The summed E-state index contributed by atoms with van der Waals surface area (Å²) >= 11 is 0. The molecule has 4 fully saturated rings. The molecular formula is C41H46F4N8O3. The number of hydrogen-bond acceptors (Lipinski definition) is 8. The molecule has 6 heterocycles. The van der Waals surface area contributed by atoms with E-state index in [4.69, 9.17) is 14.7 Å². The van der Waals surface area contributed by atoms with E-state index in [9.17, 15) is 18.4 Å². The molecule has 4 aromatic rings. The maximum Gasteiger partial charge on any atom is 0.261 e. The maximum absolute atomic E-state index is 15.7. The van der Waals surface area contributed by atoms with Gasteiger partial charge < -0.3 is 24.8 Å². The molecule has 2 saturated carbocycles. The number of nitrogens with zero attached hydrogens (tertiary/aromatic N) is 6. The first-order valence-corrected chi connectivity index (χ1v) is 19.5. The van der Waals surface area contributed by atoms with Gasteiger partial charge in [-0.25, -0.2) is 27.5 Å². The van der Waals surface area contributed by atoms with Crippen molar-refractivity contribution in [2.75, 3.05) is 23.3 Å². The lowest BCUT2D eigenvalue weighted by molar-refractivity contribution is -0.125. The van der Waals surface area contributed by atoms with Crippen LogP contribution in [-0.2, 0) is 14.9 Å².